The molecule has 2 heteroatoms. The molecule has 0 heterocycles. The minimum absolute atomic E-state index is 0.142. The van der Waals surface area contributed by atoms with Crippen LogP contribution in [0.15, 0.2) is 30.3 Å². The van der Waals surface area contributed by atoms with Gasteiger partial charge in [0.25, 0.3) is 0 Å². The lowest BCUT2D eigenvalue weighted by molar-refractivity contribution is -0.126. The van der Waals surface area contributed by atoms with Crippen LogP contribution in [0.4, 0.5) is 0 Å². The minimum Gasteiger partial charge on any atom is -0.366 e. The third-order valence-electron chi connectivity index (χ3n) is 2.25. The summed E-state index contributed by atoms with van der Waals surface area (Å²) in [4.78, 5) is 10.8. The Kier molecular flexibility index (Phi) is 4.04. The van der Waals surface area contributed by atoms with Gasteiger partial charge in [-0.15, -0.1) is 0 Å². The molecule has 0 radical (unpaired) electrons. The normalized spacial score (nSPS) is 13.5. The van der Waals surface area contributed by atoms with E-state index in [9.17, 15) is 4.79 Å². The number of carbonyl (C=O) groups is 1. The Morgan fingerprint density at radius 2 is 1.87 bits per heavy atom. The van der Waals surface area contributed by atoms with E-state index in [0.717, 1.165) is 11.8 Å². The fourth-order valence-corrected chi connectivity index (χ4v) is 1.25. The highest BCUT2D eigenvalue weighted by atomic mass is 16.5. The summed E-state index contributed by atoms with van der Waals surface area (Å²) in [5.41, 5.74) is 0.949. The molecule has 0 spiro atoms. The summed E-state index contributed by atoms with van der Waals surface area (Å²) in [6.45, 7) is 6.48. The average molecular weight is 206 g/mol. The standard InChI is InChI=1S/C13H18O2/c1-13(2,3)12(9-14)15-10-11-7-5-4-6-8-11/h4-9,12H,10H2,1-3H3/t12-/m0/s1. The summed E-state index contributed by atoms with van der Waals surface area (Å²) in [5.74, 6) is 0. The van der Waals surface area contributed by atoms with Crippen molar-refractivity contribution in [3.63, 3.8) is 0 Å². The molecule has 82 valence electrons. The monoisotopic (exact) mass is 206 g/mol. The second-order valence-corrected chi connectivity index (χ2v) is 4.72. The first-order valence-electron chi connectivity index (χ1n) is 5.15. The molecule has 0 fully saturated rings. The van der Waals surface area contributed by atoms with E-state index in [-0.39, 0.29) is 11.5 Å². The maximum atomic E-state index is 10.8. The smallest absolute Gasteiger partial charge is 0.149 e. The number of carbonyl (C=O) groups excluding carboxylic acids is 1. The van der Waals surface area contributed by atoms with Gasteiger partial charge in [0.15, 0.2) is 0 Å². The van der Waals surface area contributed by atoms with E-state index in [0.29, 0.717) is 6.61 Å². The maximum absolute atomic E-state index is 10.8. The Labute approximate surface area is 91.3 Å². The van der Waals surface area contributed by atoms with E-state index >= 15 is 0 Å². The minimum atomic E-state index is -0.349. The summed E-state index contributed by atoms with van der Waals surface area (Å²) in [5, 5.41) is 0. The SMILES string of the molecule is CC(C)(C)[C@H](C=O)OCc1ccccc1. The van der Waals surface area contributed by atoms with Crippen molar-refractivity contribution in [2.24, 2.45) is 5.41 Å². The summed E-state index contributed by atoms with van der Waals surface area (Å²) < 4.78 is 5.57. The van der Waals surface area contributed by atoms with Gasteiger partial charge < -0.3 is 9.53 Å². The van der Waals surface area contributed by atoms with Gasteiger partial charge in [0.05, 0.1) is 6.61 Å². The number of hydrogen-bond donors (Lipinski definition) is 0. The van der Waals surface area contributed by atoms with E-state index in [1.807, 2.05) is 51.1 Å². The summed E-state index contributed by atoms with van der Waals surface area (Å²) in [6.07, 6.45) is 0.529. The molecule has 0 aromatic heterocycles. The molecule has 0 aliphatic rings. The van der Waals surface area contributed by atoms with Crippen LogP contribution < -0.4 is 0 Å². The van der Waals surface area contributed by atoms with Crippen LogP contribution in [0.2, 0.25) is 0 Å². The van der Waals surface area contributed by atoms with Crippen LogP contribution in [0.3, 0.4) is 0 Å². The third kappa shape index (κ3) is 3.84. The Balaban J connectivity index is 2.52. The number of benzene rings is 1. The zero-order valence-corrected chi connectivity index (χ0v) is 9.57. The van der Waals surface area contributed by atoms with Crippen molar-refractivity contribution in [2.75, 3.05) is 0 Å². The van der Waals surface area contributed by atoms with Gasteiger partial charge in [-0.25, -0.2) is 0 Å². The van der Waals surface area contributed by atoms with Crippen molar-refractivity contribution < 1.29 is 9.53 Å². The lowest BCUT2D eigenvalue weighted by Crippen LogP contribution is -2.30. The molecule has 1 atom stereocenters. The molecule has 0 N–H and O–H groups in total. The first-order chi connectivity index (χ1) is 7.04. The van der Waals surface area contributed by atoms with Gasteiger partial charge in [-0.1, -0.05) is 51.1 Å². The Morgan fingerprint density at radius 3 is 2.33 bits per heavy atom. The summed E-state index contributed by atoms with van der Waals surface area (Å²) in [7, 11) is 0. The molecule has 1 aromatic carbocycles. The molecule has 15 heavy (non-hydrogen) atoms. The Bertz CT molecular complexity index is 298. The number of aldehydes is 1. The van der Waals surface area contributed by atoms with Crippen LogP contribution in [0.1, 0.15) is 26.3 Å². The highest BCUT2D eigenvalue weighted by molar-refractivity contribution is 5.57. The van der Waals surface area contributed by atoms with Gasteiger partial charge in [0.1, 0.15) is 12.4 Å². The van der Waals surface area contributed by atoms with Crippen molar-refractivity contribution in [2.45, 2.75) is 33.5 Å². The zero-order chi connectivity index (χ0) is 11.3. The van der Waals surface area contributed by atoms with Gasteiger partial charge in [-0.3, -0.25) is 0 Å². The van der Waals surface area contributed by atoms with Crippen LogP contribution in [0.25, 0.3) is 0 Å². The fraction of sp³-hybridized carbons (Fsp3) is 0.462. The molecule has 0 unspecified atom stereocenters. The van der Waals surface area contributed by atoms with Crippen molar-refractivity contribution in [3.8, 4) is 0 Å². The highest BCUT2D eigenvalue weighted by Gasteiger charge is 2.24. The predicted octanol–water partition coefficient (Wildman–Crippen LogP) is 2.82. The van der Waals surface area contributed by atoms with E-state index < -0.39 is 0 Å². The molecule has 0 bridgehead atoms. The quantitative estimate of drug-likeness (QED) is 0.708. The van der Waals surface area contributed by atoms with Gasteiger partial charge in [0, 0.05) is 0 Å². The second kappa shape index (κ2) is 5.08. The van der Waals surface area contributed by atoms with Crippen molar-refractivity contribution in [3.05, 3.63) is 35.9 Å². The van der Waals surface area contributed by atoms with Gasteiger partial charge in [-0.05, 0) is 11.0 Å². The van der Waals surface area contributed by atoms with Crippen molar-refractivity contribution in [1.29, 1.82) is 0 Å². The van der Waals surface area contributed by atoms with Crippen molar-refractivity contribution in [1.82, 2.24) is 0 Å². The molecule has 0 aliphatic carbocycles. The number of rotatable bonds is 4. The van der Waals surface area contributed by atoms with Gasteiger partial charge in [-0.2, -0.15) is 0 Å². The Morgan fingerprint density at radius 1 is 1.27 bits per heavy atom. The molecule has 0 saturated carbocycles. The Hall–Kier alpha value is -1.15. The molecule has 0 aliphatic heterocycles. The predicted molar refractivity (Wildman–Crippen MR) is 60.5 cm³/mol. The van der Waals surface area contributed by atoms with Crippen LogP contribution in [0.5, 0.6) is 0 Å². The molecule has 0 amide bonds. The van der Waals surface area contributed by atoms with Gasteiger partial charge in [0.2, 0.25) is 0 Å². The second-order valence-electron chi connectivity index (χ2n) is 4.72. The largest absolute Gasteiger partial charge is 0.366 e. The fourth-order valence-electron chi connectivity index (χ4n) is 1.25. The van der Waals surface area contributed by atoms with E-state index in [2.05, 4.69) is 0 Å². The molecule has 2 nitrogen and oxygen atoms in total. The lowest BCUT2D eigenvalue weighted by atomic mass is 9.90. The van der Waals surface area contributed by atoms with E-state index in [1.54, 1.807) is 0 Å². The van der Waals surface area contributed by atoms with Crippen molar-refractivity contribution >= 4 is 6.29 Å². The summed E-state index contributed by atoms with van der Waals surface area (Å²) in [6, 6.07) is 9.87. The molecular weight excluding hydrogens is 188 g/mol. The van der Waals surface area contributed by atoms with Crippen LogP contribution >= 0.6 is 0 Å². The molecular formula is C13H18O2. The topological polar surface area (TPSA) is 26.3 Å². The average Bonchev–Trinajstić information content (AvgIpc) is 2.18. The molecule has 1 rings (SSSR count). The number of ether oxygens (including phenoxy) is 1. The number of hydrogen-bond acceptors (Lipinski definition) is 2. The first-order valence-corrected chi connectivity index (χ1v) is 5.15. The molecule has 0 saturated heterocycles. The molecule has 1 aromatic rings. The third-order valence-corrected chi connectivity index (χ3v) is 2.25. The first kappa shape index (κ1) is 11.9. The van der Waals surface area contributed by atoms with Crippen LogP contribution in [0, 0.1) is 5.41 Å². The van der Waals surface area contributed by atoms with E-state index in [1.165, 1.54) is 0 Å². The maximum Gasteiger partial charge on any atom is 0.149 e. The lowest BCUT2D eigenvalue weighted by Gasteiger charge is -2.25. The van der Waals surface area contributed by atoms with Crippen LogP contribution in [-0.4, -0.2) is 12.4 Å². The highest BCUT2D eigenvalue weighted by Crippen LogP contribution is 2.21. The zero-order valence-electron chi connectivity index (χ0n) is 9.57. The van der Waals surface area contributed by atoms with E-state index in [4.69, 9.17) is 4.74 Å². The van der Waals surface area contributed by atoms with Crippen LogP contribution in [-0.2, 0) is 16.1 Å². The summed E-state index contributed by atoms with van der Waals surface area (Å²) >= 11 is 0. The van der Waals surface area contributed by atoms with Gasteiger partial charge >= 0.3 is 0 Å².